The number of nitrogens with one attached hydrogen (secondary N) is 3. The lowest BCUT2D eigenvalue weighted by molar-refractivity contribution is -0.124. The summed E-state index contributed by atoms with van der Waals surface area (Å²) < 4.78 is 17.0. The van der Waals surface area contributed by atoms with Crippen LogP contribution in [0.1, 0.15) is 10.4 Å². The van der Waals surface area contributed by atoms with E-state index in [9.17, 15) is 14.4 Å². The van der Waals surface area contributed by atoms with Crippen molar-refractivity contribution in [2.45, 2.75) is 0 Å². The van der Waals surface area contributed by atoms with Crippen LogP contribution in [0.15, 0.2) is 55.3 Å². The molecule has 13 nitrogen and oxygen atoms in total. The number of carbonyl (C=O) groups is 3. The molecule has 1 aliphatic heterocycles. The van der Waals surface area contributed by atoms with Gasteiger partial charge in [0.1, 0.15) is 23.1 Å². The van der Waals surface area contributed by atoms with Gasteiger partial charge in [-0.05, 0) is 24.3 Å². The minimum absolute atomic E-state index is 0.130. The summed E-state index contributed by atoms with van der Waals surface area (Å²) in [6.45, 7) is 7.60. The van der Waals surface area contributed by atoms with Gasteiger partial charge in [0, 0.05) is 39.8 Å². The van der Waals surface area contributed by atoms with Crippen molar-refractivity contribution in [3.05, 3.63) is 65.8 Å². The van der Waals surface area contributed by atoms with Crippen molar-refractivity contribution >= 4 is 58.0 Å². The Bertz CT molecular complexity index is 1530. The van der Waals surface area contributed by atoms with E-state index in [4.69, 9.17) is 25.8 Å². The molecule has 2 amide bonds. The van der Waals surface area contributed by atoms with Gasteiger partial charge in [-0.2, -0.15) is 4.98 Å². The molecule has 1 aromatic heterocycles. The molecule has 0 atom stereocenters. The molecule has 1 saturated heterocycles. The molecule has 1 aliphatic rings. The maximum absolute atomic E-state index is 12.8. The molecule has 0 saturated carbocycles. The number of Topliss-reactive ketones (excluding diaryl/α,β-unsaturated/α-hetero) is 1. The number of hydrogen-bond donors (Lipinski definition) is 3. The highest BCUT2D eigenvalue weighted by atomic mass is 35.5. The van der Waals surface area contributed by atoms with Crippen LogP contribution in [0.5, 0.6) is 11.5 Å². The molecule has 3 N–H and O–H groups in total. The summed E-state index contributed by atoms with van der Waals surface area (Å²) in [7, 11) is 4.50. The van der Waals surface area contributed by atoms with Gasteiger partial charge in [-0.15, -0.1) is 0 Å². The van der Waals surface area contributed by atoms with E-state index in [1.807, 2.05) is 0 Å². The van der Waals surface area contributed by atoms with Crippen molar-refractivity contribution in [1.82, 2.24) is 19.8 Å². The first-order chi connectivity index (χ1) is 21.2. The molecule has 2 heterocycles. The fourth-order valence-electron chi connectivity index (χ4n) is 4.21. The molecule has 14 heteroatoms. The Labute approximate surface area is 260 Å². The summed E-state index contributed by atoms with van der Waals surface area (Å²) in [4.78, 5) is 49.5. The van der Waals surface area contributed by atoms with Crippen LogP contribution in [-0.4, -0.2) is 98.0 Å². The molecule has 0 bridgehead atoms. The Morgan fingerprint density at radius 3 is 2.55 bits per heavy atom. The van der Waals surface area contributed by atoms with Crippen LogP contribution in [0.4, 0.5) is 28.8 Å². The predicted molar refractivity (Wildman–Crippen MR) is 168 cm³/mol. The quantitative estimate of drug-likeness (QED) is 0.145. The SMILES string of the molecule is C=CC(=O)Nc1cc(Nc2ncc(Cl)c(Nc3ccccc3C(=O)C(=O)N(C)C)n2)c(OC)cc1OCCN1CCOCC1. The first kappa shape index (κ1) is 32.2. The molecule has 0 unspecified atom stereocenters. The number of anilines is 5. The molecule has 0 spiro atoms. The Kier molecular flexibility index (Phi) is 11.1. The van der Waals surface area contributed by atoms with Gasteiger partial charge in [0.05, 0.1) is 49.1 Å². The second-order valence-electron chi connectivity index (χ2n) is 9.76. The molecule has 1 fully saturated rings. The molecule has 232 valence electrons. The lowest BCUT2D eigenvalue weighted by Gasteiger charge is -2.26. The minimum atomic E-state index is -0.687. The number of hydrogen-bond acceptors (Lipinski definition) is 11. The fraction of sp³-hybridized carbons (Fsp3) is 0.300. The molecule has 2 aromatic carbocycles. The topological polar surface area (TPSA) is 147 Å². The van der Waals surface area contributed by atoms with Crippen LogP contribution in [0, 0.1) is 0 Å². The second-order valence-corrected chi connectivity index (χ2v) is 10.2. The number of nitrogens with zero attached hydrogens (tertiary/aromatic N) is 4. The van der Waals surface area contributed by atoms with E-state index in [1.54, 1.807) is 30.3 Å². The van der Waals surface area contributed by atoms with Gasteiger partial charge in [0.2, 0.25) is 11.9 Å². The molecule has 0 aliphatic carbocycles. The lowest BCUT2D eigenvalue weighted by Crippen LogP contribution is -2.38. The number of carbonyl (C=O) groups excluding carboxylic acids is 3. The van der Waals surface area contributed by atoms with Gasteiger partial charge < -0.3 is 35.1 Å². The zero-order valence-corrected chi connectivity index (χ0v) is 25.4. The maximum atomic E-state index is 12.8. The van der Waals surface area contributed by atoms with E-state index in [0.717, 1.165) is 19.2 Å². The molecule has 44 heavy (non-hydrogen) atoms. The molecular formula is C30H34ClN7O6. The third-order valence-electron chi connectivity index (χ3n) is 6.53. The van der Waals surface area contributed by atoms with E-state index >= 15 is 0 Å². The molecule has 3 aromatic rings. The number of methoxy groups -OCH3 is 1. The lowest BCUT2D eigenvalue weighted by atomic mass is 10.1. The number of morpholine rings is 1. The first-order valence-electron chi connectivity index (χ1n) is 13.7. The van der Waals surface area contributed by atoms with Crippen molar-refractivity contribution in [3.8, 4) is 11.5 Å². The van der Waals surface area contributed by atoms with Crippen LogP contribution < -0.4 is 25.4 Å². The van der Waals surface area contributed by atoms with E-state index < -0.39 is 17.6 Å². The Hall–Kier alpha value is -4.72. The van der Waals surface area contributed by atoms with Crippen LogP contribution in [0.25, 0.3) is 0 Å². The highest BCUT2D eigenvalue weighted by Crippen LogP contribution is 2.38. The van der Waals surface area contributed by atoms with Crippen LogP contribution in [0.2, 0.25) is 5.02 Å². The largest absolute Gasteiger partial charge is 0.494 e. The van der Waals surface area contributed by atoms with Gasteiger partial charge in [0.25, 0.3) is 11.7 Å². The number of likely N-dealkylation sites (N-methyl/N-ethyl adjacent to an activating group) is 1. The minimum Gasteiger partial charge on any atom is -0.494 e. The van der Waals surface area contributed by atoms with E-state index in [-0.39, 0.29) is 22.4 Å². The Morgan fingerprint density at radius 2 is 1.84 bits per heavy atom. The van der Waals surface area contributed by atoms with Gasteiger partial charge in [-0.25, -0.2) is 4.98 Å². The summed E-state index contributed by atoms with van der Waals surface area (Å²) in [5.41, 5.74) is 1.30. The summed E-state index contributed by atoms with van der Waals surface area (Å²) in [5.74, 6) is -0.662. The average molecular weight is 624 g/mol. The number of ketones is 1. The standard InChI is InChI=1S/C30H34ClN7O6/c1-5-26(39)33-23-16-22(24(42-4)17-25(23)44-15-12-38-10-13-43-14-11-38)35-30-32-18-20(31)28(36-30)34-21-9-7-6-8-19(21)27(40)29(41)37(2)3/h5-9,16-18H,1,10-15H2,2-4H3,(H,33,39)(H2,32,34,35,36). The molecular weight excluding hydrogens is 590 g/mol. The monoisotopic (exact) mass is 623 g/mol. The highest BCUT2D eigenvalue weighted by Gasteiger charge is 2.22. The fourth-order valence-corrected chi connectivity index (χ4v) is 4.35. The van der Waals surface area contributed by atoms with E-state index in [0.29, 0.717) is 54.9 Å². The second kappa shape index (κ2) is 15.1. The zero-order chi connectivity index (χ0) is 31.6. The number of aromatic nitrogens is 2. The summed E-state index contributed by atoms with van der Waals surface area (Å²) in [6.07, 6.45) is 2.54. The van der Waals surface area contributed by atoms with Crippen LogP contribution >= 0.6 is 11.6 Å². The first-order valence-corrected chi connectivity index (χ1v) is 14.1. The number of benzene rings is 2. The summed E-state index contributed by atoms with van der Waals surface area (Å²) >= 11 is 6.39. The van der Waals surface area contributed by atoms with Gasteiger partial charge >= 0.3 is 0 Å². The van der Waals surface area contributed by atoms with Crippen LogP contribution in [0.3, 0.4) is 0 Å². The molecule has 0 radical (unpaired) electrons. The van der Waals surface area contributed by atoms with Crippen molar-refractivity contribution in [2.75, 3.05) is 76.6 Å². The van der Waals surface area contributed by atoms with Gasteiger partial charge in [-0.3, -0.25) is 19.3 Å². The van der Waals surface area contributed by atoms with E-state index in [1.165, 1.54) is 38.4 Å². The number of ether oxygens (including phenoxy) is 3. The van der Waals surface area contributed by atoms with Crippen LogP contribution in [-0.2, 0) is 14.3 Å². The van der Waals surface area contributed by atoms with Crippen molar-refractivity contribution in [1.29, 1.82) is 0 Å². The van der Waals surface area contributed by atoms with Crippen molar-refractivity contribution < 1.29 is 28.6 Å². The van der Waals surface area contributed by atoms with Crippen molar-refractivity contribution in [3.63, 3.8) is 0 Å². The zero-order valence-electron chi connectivity index (χ0n) is 24.7. The summed E-state index contributed by atoms with van der Waals surface area (Å²) in [6, 6.07) is 9.82. The Balaban J connectivity index is 1.58. The highest BCUT2D eigenvalue weighted by molar-refractivity contribution is 6.43. The number of rotatable bonds is 13. The summed E-state index contributed by atoms with van der Waals surface area (Å²) in [5, 5.41) is 9.05. The van der Waals surface area contributed by atoms with E-state index in [2.05, 4.69) is 37.4 Å². The van der Waals surface area contributed by atoms with Crippen molar-refractivity contribution in [2.24, 2.45) is 0 Å². The predicted octanol–water partition coefficient (Wildman–Crippen LogP) is 3.73. The van der Waals surface area contributed by atoms with Gasteiger partial charge in [0.15, 0.2) is 5.82 Å². The Morgan fingerprint density at radius 1 is 1.09 bits per heavy atom. The number of amides is 2. The number of para-hydroxylation sites is 1. The third kappa shape index (κ3) is 8.22. The smallest absolute Gasteiger partial charge is 0.294 e. The molecule has 4 rings (SSSR count). The van der Waals surface area contributed by atoms with Gasteiger partial charge in [-0.1, -0.05) is 30.3 Å². The third-order valence-corrected chi connectivity index (χ3v) is 6.81. The average Bonchev–Trinajstić information content (AvgIpc) is 3.03. The maximum Gasteiger partial charge on any atom is 0.294 e. The normalized spacial score (nSPS) is 13.0. The number of halogens is 1.